The number of nitro groups is 1. The first-order valence-corrected chi connectivity index (χ1v) is 5.58. The Morgan fingerprint density at radius 3 is 2.82 bits per heavy atom. The summed E-state index contributed by atoms with van der Waals surface area (Å²) in [5.41, 5.74) is -0.256. The second kappa shape index (κ2) is 5.83. The molecule has 17 heavy (non-hydrogen) atoms. The van der Waals surface area contributed by atoms with Crippen molar-refractivity contribution in [3.8, 4) is 5.75 Å². The lowest BCUT2D eigenvalue weighted by molar-refractivity contribution is -0.385. The maximum absolute atomic E-state index is 10.7. The smallest absolute Gasteiger partial charge is 0.325 e. The van der Waals surface area contributed by atoms with E-state index in [0.717, 1.165) is 0 Å². The third-order valence-corrected chi connectivity index (χ3v) is 2.58. The molecule has 0 fully saturated rings. The minimum absolute atomic E-state index is 0.0231. The van der Waals surface area contributed by atoms with Crippen molar-refractivity contribution in [3.05, 3.63) is 32.8 Å². The quantitative estimate of drug-likeness (QED) is 0.510. The Bertz CT molecular complexity index is 453. The number of halogens is 2. The molecule has 1 rings (SSSR count). The lowest BCUT2D eigenvalue weighted by Gasteiger charge is -2.08. The molecule has 0 saturated heterocycles. The van der Waals surface area contributed by atoms with Crippen LogP contribution < -0.4 is 4.74 Å². The van der Waals surface area contributed by atoms with Crippen molar-refractivity contribution in [1.82, 2.24) is 0 Å². The van der Waals surface area contributed by atoms with Crippen molar-refractivity contribution in [2.75, 3.05) is 6.61 Å². The molecule has 1 aromatic carbocycles. The van der Waals surface area contributed by atoms with Crippen molar-refractivity contribution in [1.29, 1.82) is 0 Å². The second-order valence-corrected chi connectivity index (χ2v) is 4.43. The van der Waals surface area contributed by atoms with Gasteiger partial charge in [0.25, 0.3) is 0 Å². The van der Waals surface area contributed by atoms with Gasteiger partial charge in [-0.2, -0.15) is 0 Å². The topological polar surface area (TPSA) is 89.7 Å². The van der Waals surface area contributed by atoms with E-state index in [9.17, 15) is 14.9 Å². The fraction of sp³-hybridized carbons (Fsp3) is 0.222. The first-order valence-electron chi connectivity index (χ1n) is 4.35. The number of carboxylic acid groups (broad SMARTS) is 1. The Balaban J connectivity index is 2.84. The van der Waals surface area contributed by atoms with Crippen molar-refractivity contribution in [2.45, 2.75) is 5.38 Å². The zero-order chi connectivity index (χ0) is 13.0. The maximum atomic E-state index is 10.7. The zero-order valence-corrected chi connectivity index (χ0v) is 10.6. The predicted molar refractivity (Wildman–Crippen MR) is 63.6 cm³/mol. The molecular weight excluding hydrogens is 317 g/mol. The molecule has 0 aliphatic carbocycles. The van der Waals surface area contributed by atoms with Crippen LogP contribution in [0.25, 0.3) is 0 Å². The fourth-order valence-electron chi connectivity index (χ4n) is 0.989. The number of carboxylic acids is 1. The van der Waals surface area contributed by atoms with Gasteiger partial charge in [0.1, 0.15) is 6.61 Å². The normalized spacial score (nSPS) is 11.9. The van der Waals surface area contributed by atoms with Gasteiger partial charge in [0.15, 0.2) is 11.1 Å². The molecule has 0 radical (unpaired) electrons. The molecule has 1 N–H and O–H groups in total. The van der Waals surface area contributed by atoms with Gasteiger partial charge in [0.2, 0.25) is 0 Å². The van der Waals surface area contributed by atoms with Crippen LogP contribution in [0.2, 0.25) is 0 Å². The summed E-state index contributed by atoms with van der Waals surface area (Å²) in [7, 11) is 0. The molecule has 8 heteroatoms. The summed E-state index contributed by atoms with van der Waals surface area (Å²) in [4.78, 5) is 20.5. The average Bonchev–Trinajstić information content (AvgIpc) is 2.26. The Kier molecular flexibility index (Phi) is 4.71. The van der Waals surface area contributed by atoms with Crippen LogP contribution in [0.15, 0.2) is 22.7 Å². The first-order chi connectivity index (χ1) is 7.91. The largest absolute Gasteiger partial charge is 0.485 e. The number of alkyl halides is 1. The lowest BCUT2D eigenvalue weighted by atomic mass is 10.3. The Labute approximate surface area is 109 Å². The molecule has 1 atom stereocenters. The number of nitro benzene ring substituents is 1. The molecule has 0 amide bonds. The molecule has 0 spiro atoms. The van der Waals surface area contributed by atoms with E-state index in [1.165, 1.54) is 12.1 Å². The molecular formula is C9H7BrClNO5. The highest BCUT2D eigenvalue weighted by Gasteiger charge is 2.19. The van der Waals surface area contributed by atoms with Crippen molar-refractivity contribution < 1.29 is 19.6 Å². The summed E-state index contributed by atoms with van der Waals surface area (Å²) >= 11 is 8.51. The van der Waals surface area contributed by atoms with Crippen LogP contribution in [0.4, 0.5) is 5.69 Å². The highest BCUT2D eigenvalue weighted by Crippen LogP contribution is 2.30. The molecule has 1 aromatic rings. The molecule has 0 saturated carbocycles. The predicted octanol–water partition coefficient (Wildman–Crippen LogP) is 2.43. The summed E-state index contributed by atoms with van der Waals surface area (Å²) < 4.78 is 5.53. The summed E-state index contributed by atoms with van der Waals surface area (Å²) in [5, 5.41) is 18.0. The molecule has 0 bridgehead atoms. The number of carbonyl (C=O) groups is 1. The maximum Gasteiger partial charge on any atom is 0.325 e. The minimum atomic E-state index is -1.25. The highest BCUT2D eigenvalue weighted by molar-refractivity contribution is 9.10. The monoisotopic (exact) mass is 323 g/mol. The van der Waals surface area contributed by atoms with Crippen LogP contribution in [-0.2, 0) is 4.79 Å². The van der Waals surface area contributed by atoms with Gasteiger partial charge >= 0.3 is 11.7 Å². The lowest BCUT2D eigenvalue weighted by Crippen LogP contribution is -2.21. The molecule has 0 aromatic heterocycles. The number of nitrogens with zero attached hydrogens (tertiary/aromatic N) is 1. The van der Waals surface area contributed by atoms with E-state index < -0.39 is 16.3 Å². The van der Waals surface area contributed by atoms with Gasteiger partial charge in [-0.3, -0.25) is 14.9 Å². The van der Waals surface area contributed by atoms with Crippen LogP contribution in [0.5, 0.6) is 5.75 Å². The summed E-state index contributed by atoms with van der Waals surface area (Å²) in [6.45, 7) is -0.348. The van der Waals surface area contributed by atoms with E-state index in [1.807, 2.05) is 0 Å². The van der Waals surface area contributed by atoms with E-state index in [4.69, 9.17) is 21.4 Å². The molecule has 1 unspecified atom stereocenters. The Morgan fingerprint density at radius 2 is 2.29 bits per heavy atom. The second-order valence-electron chi connectivity index (χ2n) is 2.99. The average molecular weight is 325 g/mol. The fourth-order valence-corrected chi connectivity index (χ4v) is 1.40. The van der Waals surface area contributed by atoms with Crippen molar-refractivity contribution >= 4 is 39.2 Å². The third-order valence-electron chi connectivity index (χ3n) is 1.77. The van der Waals surface area contributed by atoms with Crippen LogP contribution in [0.3, 0.4) is 0 Å². The van der Waals surface area contributed by atoms with Crippen LogP contribution in [0.1, 0.15) is 0 Å². The van der Waals surface area contributed by atoms with Gasteiger partial charge in [-0.25, -0.2) is 0 Å². The van der Waals surface area contributed by atoms with Gasteiger partial charge in [-0.15, -0.1) is 11.6 Å². The zero-order valence-electron chi connectivity index (χ0n) is 8.30. The minimum Gasteiger partial charge on any atom is -0.485 e. The van der Waals surface area contributed by atoms with Gasteiger partial charge in [0, 0.05) is 10.5 Å². The van der Waals surface area contributed by atoms with Gasteiger partial charge in [0.05, 0.1) is 4.92 Å². The molecule has 0 aliphatic heterocycles. The highest BCUT2D eigenvalue weighted by atomic mass is 79.9. The van der Waals surface area contributed by atoms with E-state index >= 15 is 0 Å². The summed E-state index contributed by atoms with van der Waals surface area (Å²) in [6.07, 6.45) is 0. The van der Waals surface area contributed by atoms with E-state index in [2.05, 4.69) is 15.9 Å². The molecule has 92 valence electrons. The number of rotatable bonds is 5. The Hall–Kier alpha value is -1.34. The molecule has 0 aliphatic rings. The van der Waals surface area contributed by atoms with Gasteiger partial charge < -0.3 is 9.84 Å². The van der Waals surface area contributed by atoms with E-state index in [1.54, 1.807) is 6.07 Å². The van der Waals surface area contributed by atoms with Crippen molar-refractivity contribution in [2.24, 2.45) is 0 Å². The van der Waals surface area contributed by atoms with E-state index in [-0.39, 0.29) is 18.0 Å². The SMILES string of the molecule is O=C(O)C(Cl)COc1ccc(Br)cc1[N+](=O)[O-]. The van der Waals surface area contributed by atoms with Crippen LogP contribution in [-0.4, -0.2) is 28.0 Å². The Morgan fingerprint density at radius 1 is 1.65 bits per heavy atom. The number of hydrogen-bond donors (Lipinski definition) is 1. The third kappa shape index (κ3) is 3.86. The number of hydrogen-bond acceptors (Lipinski definition) is 4. The van der Waals surface area contributed by atoms with Crippen LogP contribution in [0, 0.1) is 10.1 Å². The number of aliphatic carboxylic acids is 1. The molecule has 0 heterocycles. The van der Waals surface area contributed by atoms with Crippen LogP contribution >= 0.6 is 27.5 Å². The molecule has 6 nitrogen and oxygen atoms in total. The number of benzene rings is 1. The van der Waals surface area contributed by atoms with Crippen molar-refractivity contribution in [3.63, 3.8) is 0 Å². The standard InChI is InChI=1S/C9H7BrClNO5/c10-5-1-2-8(7(3-5)12(15)16)17-4-6(11)9(13)14/h1-3,6H,4H2,(H,13,14). The summed E-state index contributed by atoms with van der Waals surface area (Å²) in [5.74, 6) is -1.27. The first kappa shape index (κ1) is 13.7. The number of ether oxygens (including phenoxy) is 1. The summed E-state index contributed by atoms with van der Waals surface area (Å²) in [6, 6.07) is 4.18. The van der Waals surface area contributed by atoms with E-state index in [0.29, 0.717) is 4.47 Å². The van der Waals surface area contributed by atoms with Gasteiger partial charge in [-0.05, 0) is 12.1 Å². The van der Waals surface area contributed by atoms with Gasteiger partial charge in [-0.1, -0.05) is 15.9 Å².